The van der Waals surface area contributed by atoms with Gasteiger partial charge in [-0.3, -0.25) is 4.99 Å². The highest BCUT2D eigenvalue weighted by molar-refractivity contribution is 5.79. The summed E-state index contributed by atoms with van der Waals surface area (Å²) in [5.41, 5.74) is 0. The zero-order chi connectivity index (χ0) is 17.2. The Morgan fingerprint density at radius 3 is 2.17 bits per heavy atom. The SMILES string of the molecule is CCNC(=NCCn1cnnc1CC)NCCn1cnnc1CC. The summed E-state index contributed by atoms with van der Waals surface area (Å²) in [6, 6.07) is 0. The highest BCUT2D eigenvalue weighted by Crippen LogP contribution is 1.96. The van der Waals surface area contributed by atoms with Crippen molar-refractivity contribution in [2.24, 2.45) is 4.99 Å². The monoisotopic (exact) mass is 333 g/mol. The lowest BCUT2D eigenvalue weighted by atomic mass is 10.4. The third-order valence-corrected chi connectivity index (χ3v) is 3.62. The molecule has 0 spiro atoms. The summed E-state index contributed by atoms with van der Waals surface area (Å²) >= 11 is 0. The Bertz CT molecular complexity index is 628. The molecule has 2 rings (SSSR count). The topological polar surface area (TPSA) is 97.8 Å². The van der Waals surface area contributed by atoms with Crippen molar-refractivity contribution in [3.05, 3.63) is 24.3 Å². The van der Waals surface area contributed by atoms with Crippen LogP contribution in [0.5, 0.6) is 0 Å². The Balaban J connectivity index is 1.82. The van der Waals surface area contributed by atoms with E-state index in [1.807, 2.05) is 4.57 Å². The van der Waals surface area contributed by atoms with Gasteiger partial charge in [-0.2, -0.15) is 0 Å². The second kappa shape index (κ2) is 9.64. The molecule has 9 nitrogen and oxygen atoms in total. The van der Waals surface area contributed by atoms with E-state index in [4.69, 9.17) is 0 Å². The molecule has 0 unspecified atom stereocenters. The number of hydrogen-bond acceptors (Lipinski definition) is 5. The van der Waals surface area contributed by atoms with E-state index in [0.717, 1.165) is 56.6 Å². The third-order valence-electron chi connectivity index (χ3n) is 3.62. The number of aliphatic imine (C=N–C) groups is 1. The molecule has 0 aliphatic heterocycles. The van der Waals surface area contributed by atoms with Crippen LogP contribution in [0.25, 0.3) is 0 Å². The number of aromatic nitrogens is 6. The van der Waals surface area contributed by atoms with Gasteiger partial charge < -0.3 is 19.8 Å². The maximum atomic E-state index is 4.60. The van der Waals surface area contributed by atoms with Crippen LogP contribution in [0, 0.1) is 0 Å². The van der Waals surface area contributed by atoms with Crippen molar-refractivity contribution in [3.8, 4) is 0 Å². The Kier molecular flexibility index (Phi) is 7.19. The van der Waals surface area contributed by atoms with Crippen LogP contribution < -0.4 is 10.6 Å². The lowest BCUT2D eigenvalue weighted by molar-refractivity contribution is 0.627. The van der Waals surface area contributed by atoms with E-state index in [2.05, 4.69) is 61.4 Å². The first kappa shape index (κ1) is 17.9. The molecule has 0 amide bonds. The minimum atomic E-state index is 0.674. The number of nitrogens with one attached hydrogen (secondary N) is 2. The number of rotatable bonds is 9. The Labute approximate surface area is 142 Å². The molecule has 0 radical (unpaired) electrons. The molecule has 0 atom stereocenters. The molecule has 132 valence electrons. The summed E-state index contributed by atoms with van der Waals surface area (Å²) in [5, 5.41) is 22.7. The van der Waals surface area contributed by atoms with Crippen LogP contribution >= 0.6 is 0 Å². The molecule has 2 N–H and O–H groups in total. The van der Waals surface area contributed by atoms with Crippen LogP contribution in [0.2, 0.25) is 0 Å². The van der Waals surface area contributed by atoms with Crippen molar-refractivity contribution < 1.29 is 0 Å². The van der Waals surface area contributed by atoms with Crippen molar-refractivity contribution >= 4 is 5.96 Å². The smallest absolute Gasteiger partial charge is 0.191 e. The van der Waals surface area contributed by atoms with E-state index in [1.165, 1.54) is 0 Å². The van der Waals surface area contributed by atoms with Gasteiger partial charge in [0.15, 0.2) is 5.96 Å². The van der Waals surface area contributed by atoms with E-state index in [0.29, 0.717) is 6.54 Å². The maximum Gasteiger partial charge on any atom is 0.191 e. The van der Waals surface area contributed by atoms with Crippen molar-refractivity contribution in [1.29, 1.82) is 0 Å². The first-order valence-corrected chi connectivity index (χ1v) is 8.54. The Morgan fingerprint density at radius 1 is 0.958 bits per heavy atom. The van der Waals surface area contributed by atoms with Crippen LogP contribution in [0.4, 0.5) is 0 Å². The third kappa shape index (κ3) is 5.04. The van der Waals surface area contributed by atoms with Crippen LogP contribution in [0.3, 0.4) is 0 Å². The molecular formula is C15H27N9. The Hall–Kier alpha value is -2.45. The average Bonchev–Trinajstić information content (AvgIpc) is 3.23. The van der Waals surface area contributed by atoms with Gasteiger partial charge in [-0.25, -0.2) is 0 Å². The summed E-state index contributed by atoms with van der Waals surface area (Å²) in [4.78, 5) is 4.60. The molecule has 2 aromatic rings. The van der Waals surface area contributed by atoms with Crippen LogP contribution in [-0.2, 0) is 25.9 Å². The highest BCUT2D eigenvalue weighted by Gasteiger charge is 2.03. The molecule has 0 aliphatic rings. The fourth-order valence-corrected chi connectivity index (χ4v) is 2.39. The quantitative estimate of drug-likeness (QED) is 0.504. The van der Waals surface area contributed by atoms with Gasteiger partial charge in [0, 0.05) is 39.0 Å². The Morgan fingerprint density at radius 2 is 1.58 bits per heavy atom. The van der Waals surface area contributed by atoms with Crippen LogP contribution in [0.1, 0.15) is 32.4 Å². The molecule has 9 heteroatoms. The maximum absolute atomic E-state index is 4.60. The minimum absolute atomic E-state index is 0.674. The van der Waals surface area contributed by atoms with Gasteiger partial charge in [0.05, 0.1) is 6.54 Å². The van der Waals surface area contributed by atoms with E-state index in [1.54, 1.807) is 12.7 Å². The number of hydrogen-bond donors (Lipinski definition) is 2. The molecular weight excluding hydrogens is 306 g/mol. The standard InChI is InChI=1S/C15H27N9/c1-4-13-21-19-11-23(13)9-7-17-15(16-6-3)18-8-10-24-12-20-22-14(24)5-2/h11-12H,4-10H2,1-3H3,(H2,16,17,18). The first-order valence-electron chi connectivity index (χ1n) is 8.54. The van der Waals surface area contributed by atoms with Crippen molar-refractivity contribution in [3.63, 3.8) is 0 Å². The van der Waals surface area contributed by atoms with Gasteiger partial charge in [-0.1, -0.05) is 13.8 Å². The van der Waals surface area contributed by atoms with E-state index < -0.39 is 0 Å². The molecule has 0 saturated carbocycles. The second-order valence-corrected chi connectivity index (χ2v) is 5.28. The minimum Gasteiger partial charge on any atom is -0.357 e. The van der Waals surface area contributed by atoms with Gasteiger partial charge >= 0.3 is 0 Å². The summed E-state index contributed by atoms with van der Waals surface area (Å²) in [7, 11) is 0. The summed E-state index contributed by atoms with van der Waals surface area (Å²) < 4.78 is 4.10. The number of aryl methyl sites for hydroxylation is 2. The van der Waals surface area contributed by atoms with Crippen molar-refractivity contribution in [1.82, 2.24) is 40.2 Å². The summed E-state index contributed by atoms with van der Waals surface area (Å²) in [5.74, 6) is 2.80. The van der Waals surface area contributed by atoms with Gasteiger partial charge in [0.25, 0.3) is 0 Å². The van der Waals surface area contributed by atoms with Crippen LogP contribution in [0.15, 0.2) is 17.6 Å². The summed E-state index contributed by atoms with van der Waals surface area (Å²) in [6.07, 6.45) is 5.28. The fourth-order valence-electron chi connectivity index (χ4n) is 2.39. The first-order chi connectivity index (χ1) is 11.8. The van der Waals surface area contributed by atoms with Gasteiger partial charge in [0.2, 0.25) is 0 Å². The lowest BCUT2D eigenvalue weighted by Gasteiger charge is -2.12. The van der Waals surface area contributed by atoms with Crippen LogP contribution in [-0.4, -0.2) is 55.1 Å². The highest BCUT2D eigenvalue weighted by atomic mass is 15.3. The van der Waals surface area contributed by atoms with E-state index in [-0.39, 0.29) is 0 Å². The largest absolute Gasteiger partial charge is 0.357 e. The van der Waals surface area contributed by atoms with Gasteiger partial charge in [-0.05, 0) is 6.92 Å². The van der Waals surface area contributed by atoms with Crippen molar-refractivity contribution in [2.75, 3.05) is 19.6 Å². The molecule has 0 aromatic carbocycles. The second-order valence-electron chi connectivity index (χ2n) is 5.28. The summed E-state index contributed by atoms with van der Waals surface area (Å²) in [6.45, 7) is 10.1. The predicted molar refractivity (Wildman–Crippen MR) is 92.8 cm³/mol. The van der Waals surface area contributed by atoms with Gasteiger partial charge in [0.1, 0.15) is 24.3 Å². The zero-order valence-corrected chi connectivity index (χ0v) is 14.7. The molecule has 2 heterocycles. The molecule has 0 bridgehead atoms. The lowest BCUT2D eigenvalue weighted by Crippen LogP contribution is -2.39. The van der Waals surface area contributed by atoms with E-state index >= 15 is 0 Å². The van der Waals surface area contributed by atoms with Crippen molar-refractivity contribution in [2.45, 2.75) is 46.7 Å². The zero-order valence-electron chi connectivity index (χ0n) is 14.7. The average molecular weight is 333 g/mol. The fraction of sp³-hybridized carbons (Fsp3) is 0.667. The molecule has 0 aliphatic carbocycles. The molecule has 24 heavy (non-hydrogen) atoms. The van der Waals surface area contributed by atoms with E-state index in [9.17, 15) is 0 Å². The number of nitrogens with zero attached hydrogens (tertiary/aromatic N) is 7. The molecule has 2 aromatic heterocycles. The molecule has 0 saturated heterocycles. The molecule has 0 fully saturated rings. The predicted octanol–water partition coefficient (Wildman–Crippen LogP) is 0.250. The van der Waals surface area contributed by atoms with Gasteiger partial charge in [-0.15, -0.1) is 20.4 Å². The number of guanidine groups is 1. The normalized spacial score (nSPS) is 11.7.